The van der Waals surface area contributed by atoms with Crippen molar-refractivity contribution < 1.29 is 22.7 Å². The summed E-state index contributed by atoms with van der Waals surface area (Å²) in [5.74, 6) is -1.42. The Morgan fingerprint density at radius 1 is 1.03 bits per heavy atom. The van der Waals surface area contributed by atoms with E-state index in [1.807, 2.05) is 12.1 Å². The van der Waals surface area contributed by atoms with E-state index in [9.17, 15) is 18.0 Å². The molecule has 7 nitrogen and oxygen atoms in total. The molecule has 1 N–H and O–H groups in total. The van der Waals surface area contributed by atoms with E-state index in [2.05, 4.69) is 5.32 Å². The summed E-state index contributed by atoms with van der Waals surface area (Å²) in [6.45, 7) is 1.68. The molecule has 0 saturated heterocycles. The number of fused-ring (bicyclic) bond motifs is 1. The standard InChI is InChI=1S/C24H20Cl2N2O5S/c1-15(23(29)27-19-7-4-6-18(25)14-19)33-24(30)17-9-10-20(26)22(13-17)34(31,32)28-12-11-16-5-2-3-8-21(16)28/h2-10,13-15H,11-12H2,1H3,(H,27,29)/t15-/m1/s1. The van der Waals surface area contributed by atoms with Crippen molar-refractivity contribution in [3.63, 3.8) is 0 Å². The quantitative estimate of drug-likeness (QED) is 0.467. The molecule has 1 aliphatic rings. The highest BCUT2D eigenvalue weighted by Crippen LogP contribution is 2.35. The molecular formula is C24H20Cl2N2O5S. The Labute approximate surface area is 207 Å². The number of esters is 1. The first-order valence-corrected chi connectivity index (χ1v) is 12.5. The van der Waals surface area contributed by atoms with Gasteiger partial charge in [0.05, 0.1) is 16.3 Å². The summed E-state index contributed by atoms with van der Waals surface area (Å²) in [5.41, 5.74) is 1.90. The minimum absolute atomic E-state index is 0.0207. The molecule has 176 valence electrons. The Morgan fingerprint density at radius 3 is 2.56 bits per heavy atom. The molecule has 3 aromatic rings. The number of carbonyl (C=O) groups excluding carboxylic acids is 2. The molecule has 0 spiro atoms. The lowest BCUT2D eigenvalue weighted by atomic mass is 10.2. The Morgan fingerprint density at radius 2 is 1.79 bits per heavy atom. The minimum Gasteiger partial charge on any atom is -0.449 e. The molecule has 34 heavy (non-hydrogen) atoms. The number of ether oxygens (including phenoxy) is 1. The van der Waals surface area contributed by atoms with Crippen molar-refractivity contribution in [2.45, 2.75) is 24.3 Å². The van der Waals surface area contributed by atoms with Gasteiger partial charge in [0.25, 0.3) is 15.9 Å². The molecule has 1 atom stereocenters. The second-order valence-corrected chi connectivity index (χ2v) is 10.3. The molecule has 0 fully saturated rings. The summed E-state index contributed by atoms with van der Waals surface area (Å²) >= 11 is 12.1. The molecule has 0 unspecified atom stereocenters. The lowest BCUT2D eigenvalue weighted by molar-refractivity contribution is -0.123. The number of rotatable bonds is 6. The molecule has 10 heteroatoms. The van der Waals surface area contributed by atoms with Crippen LogP contribution in [0.3, 0.4) is 0 Å². The summed E-state index contributed by atoms with van der Waals surface area (Å²) in [6, 6.07) is 17.6. The maximum absolute atomic E-state index is 13.4. The van der Waals surface area contributed by atoms with Crippen LogP contribution in [0.15, 0.2) is 71.6 Å². The van der Waals surface area contributed by atoms with Gasteiger partial charge in [0.15, 0.2) is 6.10 Å². The molecule has 0 radical (unpaired) electrons. The van der Waals surface area contributed by atoms with Gasteiger partial charge < -0.3 is 10.1 Å². The highest BCUT2D eigenvalue weighted by atomic mass is 35.5. The van der Waals surface area contributed by atoms with Crippen LogP contribution in [0, 0.1) is 0 Å². The normalized spacial score (nSPS) is 13.8. The Balaban J connectivity index is 1.52. The molecule has 0 aliphatic carbocycles. The van der Waals surface area contributed by atoms with Crippen LogP contribution in [-0.2, 0) is 26.0 Å². The van der Waals surface area contributed by atoms with Gasteiger partial charge in [-0.05, 0) is 61.4 Å². The fourth-order valence-corrected chi connectivity index (χ4v) is 5.79. The molecule has 4 rings (SSSR count). The SMILES string of the molecule is C[C@@H](OC(=O)c1ccc(Cl)c(S(=O)(=O)N2CCc3ccccc32)c1)C(=O)Nc1cccc(Cl)c1. The number of para-hydroxylation sites is 1. The lowest BCUT2D eigenvalue weighted by Crippen LogP contribution is -2.31. The van der Waals surface area contributed by atoms with Gasteiger partial charge in [0.2, 0.25) is 0 Å². The number of carbonyl (C=O) groups is 2. The van der Waals surface area contributed by atoms with Gasteiger partial charge in [-0.15, -0.1) is 0 Å². The summed E-state index contributed by atoms with van der Waals surface area (Å²) in [6.07, 6.45) is -0.568. The number of benzene rings is 3. The van der Waals surface area contributed by atoms with Crippen LogP contribution in [0.25, 0.3) is 0 Å². The van der Waals surface area contributed by atoms with Crippen LogP contribution >= 0.6 is 23.2 Å². The van der Waals surface area contributed by atoms with Gasteiger partial charge in [-0.25, -0.2) is 13.2 Å². The van der Waals surface area contributed by atoms with Crippen LogP contribution in [-0.4, -0.2) is 32.9 Å². The van der Waals surface area contributed by atoms with E-state index in [1.165, 1.54) is 29.4 Å². The van der Waals surface area contributed by atoms with Crippen molar-refractivity contribution in [1.29, 1.82) is 0 Å². The molecule has 0 saturated carbocycles. The highest BCUT2D eigenvalue weighted by Gasteiger charge is 2.33. The van der Waals surface area contributed by atoms with Crippen molar-refractivity contribution in [3.8, 4) is 0 Å². The maximum atomic E-state index is 13.4. The largest absolute Gasteiger partial charge is 0.449 e. The van der Waals surface area contributed by atoms with Gasteiger partial charge in [0.1, 0.15) is 4.90 Å². The zero-order valence-corrected chi connectivity index (χ0v) is 20.3. The van der Waals surface area contributed by atoms with Crippen LogP contribution < -0.4 is 9.62 Å². The number of sulfonamides is 1. The molecule has 1 heterocycles. The molecular weight excluding hydrogens is 499 g/mol. The van der Waals surface area contributed by atoms with Crippen molar-refractivity contribution in [1.82, 2.24) is 0 Å². The smallest absolute Gasteiger partial charge is 0.338 e. The van der Waals surface area contributed by atoms with Crippen LogP contribution in [0.4, 0.5) is 11.4 Å². The van der Waals surface area contributed by atoms with Gasteiger partial charge in [0, 0.05) is 17.3 Å². The van der Waals surface area contributed by atoms with Crippen molar-refractivity contribution in [2.24, 2.45) is 0 Å². The minimum atomic E-state index is -4.03. The zero-order valence-electron chi connectivity index (χ0n) is 18.0. The van der Waals surface area contributed by atoms with Crippen LogP contribution in [0.1, 0.15) is 22.8 Å². The topological polar surface area (TPSA) is 92.8 Å². The van der Waals surface area contributed by atoms with E-state index in [4.69, 9.17) is 27.9 Å². The van der Waals surface area contributed by atoms with Crippen molar-refractivity contribution in [3.05, 3.63) is 87.9 Å². The molecule has 3 aromatic carbocycles. The average Bonchev–Trinajstić information content (AvgIpc) is 3.24. The monoisotopic (exact) mass is 518 g/mol. The van der Waals surface area contributed by atoms with Crippen LogP contribution in [0.2, 0.25) is 10.0 Å². The van der Waals surface area contributed by atoms with Gasteiger partial charge in [-0.3, -0.25) is 9.10 Å². The predicted molar refractivity (Wildman–Crippen MR) is 131 cm³/mol. The average molecular weight is 519 g/mol. The summed E-state index contributed by atoms with van der Waals surface area (Å²) in [7, 11) is -4.03. The summed E-state index contributed by atoms with van der Waals surface area (Å²) in [4.78, 5) is 24.9. The van der Waals surface area contributed by atoms with E-state index in [0.717, 1.165) is 5.56 Å². The third kappa shape index (κ3) is 4.89. The Hall–Kier alpha value is -3.07. The number of hydrogen-bond acceptors (Lipinski definition) is 5. The van der Waals surface area contributed by atoms with Gasteiger partial charge >= 0.3 is 5.97 Å². The van der Waals surface area contributed by atoms with E-state index in [-0.39, 0.29) is 22.0 Å². The fourth-order valence-electron chi connectivity index (χ4n) is 3.60. The summed E-state index contributed by atoms with van der Waals surface area (Å²) in [5, 5.41) is 3.03. The molecule has 0 bridgehead atoms. The predicted octanol–water partition coefficient (Wildman–Crippen LogP) is 4.93. The maximum Gasteiger partial charge on any atom is 0.338 e. The Kier molecular flexibility index (Phi) is 6.84. The second kappa shape index (κ2) is 9.66. The van der Waals surface area contributed by atoms with E-state index in [1.54, 1.807) is 36.4 Å². The first-order valence-electron chi connectivity index (χ1n) is 10.3. The number of hydrogen-bond donors (Lipinski definition) is 1. The Bertz CT molecular complexity index is 1380. The second-order valence-electron chi connectivity index (χ2n) is 7.65. The lowest BCUT2D eigenvalue weighted by Gasteiger charge is -2.21. The first kappa shape index (κ1) is 24.1. The molecule has 1 amide bonds. The molecule has 0 aromatic heterocycles. The van der Waals surface area contributed by atoms with Crippen molar-refractivity contribution >= 4 is 56.5 Å². The third-order valence-corrected chi connectivity index (χ3v) is 7.85. The van der Waals surface area contributed by atoms with E-state index in [0.29, 0.717) is 22.8 Å². The van der Waals surface area contributed by atoms with Gasteiger partial charge in [-0.1, -0.05) is 47.5 Å². The number of nitrogens with one attached hydrogen (secondary N) is 1. The van der Waals surface area contributed by atoms with E-state index >= 15 is 0 Å². The zero-order chi connectivity index (χ0) is 24.5. The number of halogens is 2. The van der Waals surface area contributed by atoms with Crippen molar-refractivity contribution in [2.75, 3.05) is 16.2 Å². The number of anilines is 2. The number of amides is 1. The number of nitrogens with zero attached hydrogens (tertiary/aromatic N) is 1. The first-order chi connectivity index (χ1) is 16.2. The molecule has 1 aliphatic heterocycles. The van der Waals surface area contributed by atoms with E-state index < -0.39 is 28.0 Å². The highest BCUT2D eigenvalue weighted by molar-refractivity contribution is 7.93. The fraction of sp³-hybridized carbons (Fsp3) is 0.167. The van der Waals surface area contributed by atoms with Crippen LogP contribution in [0.5, 0.6) is 0 Å². The third-order valence-electron chi connectivity index (χ3n) is 5.32. The summed E-state index contributed by atoms with van der Waals surface area (Å²) < 4.78 is 33.3. The van der Waals surface area contributed by atoms with Gasteiger partial charge in [-0.2, -0.15) is 0 Å².